The van der Waals surface area contributed by atoms with E-state index in [0.717, 1.165) is 21.2 Å². The largest absolute Gasteiger partial charge is 0.545 e. The Labute approximate surface area is 132 Å². The maximum atomic E-state index is 12.7. The Bertz CT molecular complexity index is 983. The standard InChI is InChI=1S/C17H17N3O3/c1-9-4-5-10(2)12(6-9)7-13-11(3)19-15-14(17(22)23)8-18-20(15)16(13)21/h4-6,8,18H,7H2,1-3H3,(H,22,23)/p-1. The zero-order valence-electron chi connectivity index (χ0n) is 13.1. The van der Waals surface area contributed by atoms with Crippen LogP contribution in [-0.2, 0) is 6.42 Å². The normalized spacial score (nSPS) is 11.1. The topological polar surface area (TPSA) is 90.3 Å². The molecule has 118 valence electrons. The van der Waals surface area contributed by atoms with Crippen LogP contribution in [0, 0.1) is 20.8 Å². The highest BCUT2D eigenvalue weighted by molar-refractivity contribution is 5.92. The lowest BCUT2D eigenvalue weighted by molar-refractivity contribution is -0.254. The Hall–Kier alpha value is -2.89. The quantitative estimate of drug-likeness (QED) is 0.778. The number of carbonyl (C=O) groups is 1. The monoisotopic (exact) mass is 310 g/mol. The molecule has 0 spiro atoms. The van der Waals surface area contributed by atoms with Crippen molar-refractivity contribution in [3.8, 4) is 0 Å². The van der Waals surface area contributed by atoms with Crippen LogP contribution < -0.4 is 10.7 Å². The lowest BCUT2D eigenvalue weighted by Gasteiger charge is -2.10. The molecule has 0 saturated carbocycles. The molecule has 2 aromatic heterocycles. The summed E-state index contributed by atoms with van der Waals surface area (Å²) in [6, 6.07) is 6.09. The maximum Gasteiger partial charge on any atom is 0.276 e. The highest BCUT2D eigenvalue weighted by Crippen LogP contribution is 2.16. The molecule has 0 fully saturated rings. The Morgan fingerprint density at radius 2 is 2.04 bits per heavy atom. The van der Waals surface area contributed by atoms with Gasteiger partial charge in [-0.2, -0.15) is 0 Å². The average Bonchev–Trinajstić information content (AvgIpc) is 2.91. The van der Waals surface area contributed by atoms with Crippen LogP contribution in [0.2, 0.25) is 0 Å². The van der Waals surface area contributed by atoms with E-state index in [4.69, 9.17) is 0 Å². The minimum Gasteiger partial charge on any atom is -0.545 e. The molecule has 1 aromatic carbocycles. The van der Waals surface area contributed by atoms with E-state index in [1.54, 1.807) is 6.92 Å². The number of rotatable bonds is 3. The smallest absolute Gasteiger partial charge is 0.276 e. The number of aromatic carboxylic acids is 1. The van der Waals surface area contributed by atoms with Gasteiger partial charge in [-0.05, 0) is 31.9 Å². The first-order valence-corrected chi connectivity index (χ1v) is 7.25. The fourth-order valence-electron chi connectivity index (χ4n) is 2.69. The second-order valence-electron chi connectivity index (χ2n) is 5.72. The molecule has 1 N–H and O–H groups in total. The van der Waals surface area contributed by atoms with Gasteiger partial charge < -0.3 is 9.90 Å². The van der Waals surface area contributed by atoms with Crippen LogP contribution >= 0.6 is 0 Å². The van der Waals surface area contributed by atoms with E-state index in [9.17, 15) is 14.7 Å². The number of fused-ring (bicyclic) bond motifs is 1. The lowest BCUT2D eigenvalue weighted by Crippen LogP contribution is -2.25. The van der Waals surface area contributed by atoms with Gasteiger partial charge >= 0.3 is 0 Å². The lowest BCUT2D eigenvalue weighted by atomic mass is 9.98. The first-order chi connectivity index (χ1) is 10.9. The molecule has 0 aliphatic carbocycles. The second-order valence-corrected chi connectivity index (χ2v) is 5.72. The Morgan fingerprint density at radius 3 is 2.74 bits per heavy atom. The fourth-order valence-corrected chi connectivity index (χ4v) is 2.69. The van der Waals surface area contributed by atoms with Crippen molar-refractivity contribution in [1.82, 2.24) is 14.6 Å². The van der Waals surface area contributed by atoms with Gasteiger partial charge in [-0.1, -0.05) is 23.8 Å². The Kier molecular flexibility index (Phi) is 3.52. The van der Waals surface area contributed by atoms with Crippen molar-refractivity contribution >= 4 is 11.6 Å². The number of hydrogen-bond acceptors (Lipinski definition) is 4. The predicted octanol–water partition coefficient (Wildman–Crippen LogP) is 0.902. The molecular weight excluding hydrogens is 294 g/mol. The zero-order valence-corrected chi connectivity index (χ0v) is 13.1. The molecule has 0 aliphatic heterocycles. The zero-order chi connectivity index (χ0) is 16.7. The highest BCUT2D eigenvalue weighted by atomic mass is 16.4. The van der Waals surface area contributed by atoms with Crippen LogP contribution in [0.25, 0.3) is 5.65 Å². The number of carboxylic acid groups (broad SMARTS) is 1. The van der Waals surface area contributed by atoms with Gasteiger partial charge in [-0.15, -0.1) is 0 Å². The van der Waals surface area contributed by atoms with E-state index in [0.29, 0.717) is 17.7 Å². The van der Waals surface area contributed by atoms with Gasteiger partial charge in [-0.3, -0.25) is 9.89 Å². The molecule has 0 saturated heterocycles. The third kappa shape index (κ3) is 2.52. The third-order valence-corrected chi connectivity index (χ3v) is 4.05. The maximum absolute atomic E-state index is 12.7. The summed E-state index contributed by atoms with van der Waals surface area (Å²) in [4.78, 5) is 28.0. The van der Waals surface area contributed by atoms with Crippen molar-refractivity contribution in [1.29, 1.82) is 0 Å². The Balaban J connectivity index is 2.17. The van der Waals surface area contributed by atoms with E-state index in [-0.39, 0.29) is 16.8 Å². The van der Waals surface area contributed by atoms with Gasteiger partial charge in [0.05, 0.1) is 11.5 Å². The summed E-state index contributed by atoms with van der Waals surface area (Å²) in [5, 5.41) is 13.7. The molecule has 0 unspecified atom stereocenters. The number of nitrogens with zero attached hydrogens (tertiary/aromatic N) is 2. The minimum atomic E-state index is -1.36. The molecule has 0 amide bonds. The number of carboxylic acids is 1. The number of aromatic amines is 1. The van der Waals surface area contributed by atoms with E-state index < -0.39 is 5.97 Å². The molecule has 0 bridgehead atoms. The van der Waals surface area contributed by atoms with Gasteiger partial charge in [0.25, 0.3) is 5.56 Å². The van der Waals surface area contributed by atoms with Crippen LogP contribution in [0.1, 0.15) is 38.3 Å². The second kappa shape index (κ2) is 5.39. The molecular formula is C17H16N3O3-. The van der Waals surface area contributed by atoms with Gasteiger partial charge in [-0.25, -0.2) is 9.50 Å². The van der Waals surface area contributed by atoms with E-state index in [2.05, 4.69) is 10.1 Å². The summed E-state index contributed by atoms with van der Waals surface area (Å²) in [5.41, 5.74) is 4.01. The van der Waals surface area contributed by atoms with Gasteiger partial charge in [0, 0.05) is 23.9 Å². The van der Waals surface area contributed by atoms with Gasteiger partial charge in [0.1, 0.15) is 0 Å². The van der Waals surface area contributed by atoms with E-state index in [1.165, 1.54) is 6.20 Å². The van der Waals surface area contributed by atoms with Crippen LogP contribution in [0.3, 0.4) is 0 Å². The van der Waals surface area contributed by atoms with Crippen molar-refractivity contribution in [2.75, 3.05) is 0 Å². The summed E-state index contributed by atoms with van der Waals surface area (Å²) in [7, 11) is 0. The molecule has 0 aliphatic rings. The summed E-state index contributed by atoms with van der Waals surface area (Å²) in [6.45, 7) is 5.71. The van der Waals surface area contributed by atoms with Crippen molar-refractivity contribution in [3.05, 3.63) is 68.3 Å². The Morgan fingerprint density at radius 1 is 1.30 bits per heavy atom. The number of carbonyl (C=O) groups excluding carboxylic acids is 1. The van der Waals surface area contributed by atoms with Crippen LogP contribution in [0.15, 0.2) is 29.2 Å². The predicted molar refractivity (Wildman–Crippen MR) is 83.6 cm³/mol. The summed E-state index contributed by atoms with van der Waals surface area (Å²) in [5.74, 6) is -1.36. The highest BCUT2D eigenvalue weighted by Gasteiger charge is 2.15. The summed E-state index contributed by atoms with van der Waals surface area (Å²) in [6.07, 6.45) is 1.67. The van der Waals surface area contributed by atoms with Gasteiger partial charge in [0.15, 0.2) is 5.65 Å². The molecule has 6 heteroatoms. The van der Waals surface area contributed by atoms with Crippen LogP contribution in [0.4, 0.5) is 0 Å². The van der Waals surface area contributed by atoms with Crippen LogP contribution in [0.5, 0.6) is 0 Å². The summed E-state index contributed by atoms with van der Waals surface area (Å²) < 4.78 is 1.15. The van der Waals surface area contributed by atoms with E-state index in [1.807, 2.05) is 32.0 Å². The number of benzene rings is 1. The van der Waals surface area contributed by atoms with Crippen molar-refractivity contribution in [3.63, 3.8) is 0 Å². The number of hydrogen-bond donors (Lipinski definition) is 1. The molecule has 6 nitrogen and oxygen atoms in total. The third-order valence-electron chi connectivity index (χ3n) is 4.05. The molecule has 3 aromatic rings. The van der Waals surface area contributed by atoms with Crippen molar-refractivity contribution in [2.24, 2.45) is 0 Å². The fraction of sp³-hybridized carbons (Fsp3) is 0.235. The SMILES string of the molecule is Cc1ccc(C)c(Cc2c(C)nc3c(C(=O)[O-])c[nH]n3c2=O)c1. The van der Waals surface area contributed by atoms with E-state index >= 15 is 0 Å². The van der Waals surface area contributed by atoms with Gasteiger partial charge in [0.2, 0.25) is 0 Å². The molecule has 0 radical (unpaired) electrons. The number of H-pyrrole nitrogens is 1. The van der Waals surface area contributed by atoms with Crippen LogP contribution in [-0.4, -0.2) is 20.6 Å². The number of nitrogens with one attached hydrogen (secondary N) is 1. The van der Waals surface area contributed by atoms with Crippen molar-refractivity contribution in [2.45, 2.75) is 27.2 Å². The molecule has 3 rings (SSSR count). The summed E-state index contributed by atoms with van der Waals surface area (Å²) >= 11 is 0. The van der Waals surface area contributed by atoms with Crippen molar-refractivity contribution < 1.29 is 9.90 Å². The first-order valence-electron chi connectivity index (χ1n) is 7.25. The minimum absolute atomic E-state index is 0.0808. The number of aromatic nitrogens is 3. The molecule has 2 heterocycles. The first kappa shape index (κ1) is 15.0. The average molecular weight is 310 g/mol. The number of aryl methyl sites for hydroxylation is 3. The molecule has 23 heavy (non-hydrogen) atoms. The molecule has 0 atom stereocenters.